The van der Waals surface area contributed by atoms with Crippen LogP contribution < -0.4 is 10.1 Å². The molecule has 2 rings (SSSR count). The van der Waals surface area contributed by atoms with Gasteiger partial charge in [0.25, 0.3) is 0 Å². The highest BCUT2D eigenvalue weighted by atomic mass is 16.5. The molecule has 4 heteroatoms. The van der Waals surface area contributed by atoms with E-state index in [-0.39, 0.29) is 17.9 Å². The minimum atomic E-state index is 0.108. The quantitative estimate of drug-likeness (QED) is 0.903. The van der Waals surface area contributed by atoms with Gasteiger partial charge >= 0.3 is 0 Å². The lowest BCUT2D eigenvalue weighted by molar-refractivity contribution is -0.134. The number of rotatable bonds is 5. The molecule has 1 heterocycles. The molecular weight excluding hydrogens is 264 g/mol. The Kier molecular flexibility index (Phi) is 5.23. The van der Waals surface area contributed by atoms with Gasteiger partial charge in [-0.3, -0.25) is 4.79 Å². The lowest BCUT2D eigenvalue weighted by Crippen LogP contribution is -2.39. The molecule has 21 heavy (non-hydrogen) atoms. The summed E-state index contributed by atoms with van der Waals surface area (Å²) in [4.78, 5) is 14.1. The highest BCUT2D eigenvalue weighted by molar-refractivity contribution is 5.79. The number of aryl methyl sites for hydroxylation is 2. The van der Waals surface area contributed by atoms with Crippen molar-refractivity contribution in [1.82, 2.24) is 10.2 Å². The fourth-order valence-corrected chi connectivity index (χ4v) is 2.91. The molecule has 2 atom stereocenters. The van der Waals surface area contributed by atoms with Crippen molar-refractivity contribution >= 4 is 5.91 Å². The molecule has 0 spiro atoms. The summed E-state index contributed by atoms with van der Waals surface area (Å²) in [5, 5.41) is 3.32. The Morgan fingerprint density at radius 1 is 1.33 bits per heavy atom. The number of hydrogen-bond acceptors (Lipinski definition) is 3. The molecule has 1 aliphatic heterocycles. The van der Waals surface area contributed by atoms with Crippen molar-refractivity contribution < 1.29 is 9.53 Å². The van der Waals surface area contributed by atoms with Gasteiger partial charge in [0.05, 0.1) is 12.5 Å². The number of ether oxygens (including phenoxy) is 1. The van der Waals surface area contributed by atoms with Crippen molar-refractivity contribution in [3.05, 3.63) is 29.3 Å². The Morgan fingerprint density at radius 3 is 2.57 bits per heavy atom. The molecule has 1 fully saturated rings. The molecule has 0 aromatic heterocycles. The van der Waals surface area contributed by atoms with Crippen LogP contribution in [0.4, 0.5) is 0 Å². The molecule has 1 aromatic rings. The van der Waals surface area contributed by atoms with Crippen LogP contribution in [-0.2, 0) is 4.79 Å². The Morgan fingerprint density at radius 2 is 2.00 bits per heavy atom. The van der Waals surface area contributed by atoms with Crippen molar-refractivity contribution in [2.75, 3.05) is 26.7 Å². The number of nitrogens with one attached hydrogen (secondary N) is 1. The Labute approximate surface area is 127 Å². The molecule has 0 aliphatic carbocycles. The Balaban J connectivity index is 1.81. The van der Waals surface area contributed by atoms with Crippen molar-refractivity contribution in [3.63, 3.8) is 0 Å². The predicted molar refractivity (Wildman–Crippen MR) is 84.6 cm³/mol. The largest absolute Gasteiger partial charge is 0.492 e. The van der Waals surface area contributed by atoms with Gasteiger partial charge < -0.3 is 15.0 Å². The van der Waals surface area contributed by atoms with Crippen LogP contribution in [0.15, 0.2) is 18.2 Å². The van der Waals surface area contributed by atoms with E-state index in [1.165, 1.54) is 11.1 Å². The summed E-state index contributed by atoms with van der Waals surface area (Å²) in [6.45, 7) is 8.28. The van der Waals surface area contributed by atoms with Gasteiger partial charge in [-0.2, -0.15) is 0 Å². The average Bonchev–Trinajstić information content (AvgIpc) is 2.83. The zero-order chi connectivity index (χ0) is 15.4. The molecule has 116 valence electrons. The van der Waals surface area contributed by atoms with E-state index in [1.807, 2.05) is 19.2 Å². The molecule has 1 amide bonds. The van der Waals surface area contributed by atoms with Gasteiger partial charge in [-0.15, -0.1) is 0 Å². The number of carbonyl (C=O) groups excluding carboxylic acids is 1. The fraction of sp³-hybridized carbons (Fsp3) is 0.588. The van der Waals surface area contributed by atoms with Crippen molar-refractivity contribution in [2.45, 2.75) is 33.2 Å². The summed E-state index contributed by atoms with van der Waals surface area (Å²) in [6, 6.07) is 6.45. The fourth-order valence-electron chi connectivity index (χ4n) is 2.91. The van der Waals surface area contributed by atoms with E-state index in [4.69, 9.17) is 4.74 Å². The Hall–Kier alpha value is -1.55. The second-order valence-electron chi connectivity index (χ2n) is 6.07. The van der Waals surface area contributed by atoms with Gasteiger partial charge in [0.15, 0.2) is 0 Å². The number of likely N-dealkylation sites (N-methyl/N-ethyl adjacent to an activating group) is 1. The number of amides is 1. The molecule has 1 saturated heterocycles. The highest BCUT2D eigenvalue weighted by Gasteiger charge is 2.31. The predicted octanol–water partition coefficient (Wildman–Crippen LogP) is 2.14. The van der Waals surface area contributed by atoms with Crippen LogP contribution in [0, 0.1) is 19.8 Å². The third-order valence-electron chi connectivity index (χ3n) is 4.11. The van der Waals surface area contributed by atoms with Gasteiger partial charge in [0, 0.05) is 13.1 Å². The van der Waals surface area contributed by atoms with Crippen LogP contribution in [0.1, 0.15) is 24.5 Å². The minimum absolute atomic E-state index is 0.108. The standard InChI is InChI=1S/C17H26N2O2/c1-12-9-13(2)11-15(10-12)21-8-7-19(4)17(20)16-5-6-18-14(16)3/h9-11,14,16,18H,5-8H2,1-4H3. The van der Waals surface area contributed by atoms with E-state index in [2.05, 4.69) is 32.2 Å². The lowest BCUT2D eigenvalue weighted by Gasteiger charge is -2.23. The zero-order valence-electron chi connectivity index (χ0n) is 13.5. The maximum atomic E-state index is 12.3. The molecule has 2 unspecified atom stereocenters. The van der Waals surface area contributed by atoms with Crippen molar-refractivity contribution in [1.29, 1.82) is 0 Å². The topological polar surface area (TPSA) is 41.6 Å². The van der Waals surface area contributed by atoms with E-state index in [9.17, 15) is 4.79 Å². The second-order valence-corrected chi connectivity index (χ2v) is 6.07. The maximum Gasteiger partial charge on any atom is 0.227 e. The number of benzene rings is 1. The van der Waals surface area contributed by atoms with E-state index in [0.29, 0.717) is 13.2 Å². The number of carbonyl (C=O) groups is 1. The summed E-state index contributed by atoms with van der Waals surface area (Å²) in [5.41, 5.74) is 2.39. The van der Waals surface area contributed by atoms with Crippen LogP contribution >= 0.6 is 0 Å². The Bertz CT molecular complexity index is 481. The molecule has 1 aliphatic rings. The van der Waals surface area contributed by atoms with E-state index in [1.54, 1.807) is 4.90 Å². The molecule has 0 bridgehead atoms. The van der Waals surface area contributed by atoms with Crippen molar-refractivity contribution in [3.8, 4) is 5.75 Å². The first kappa shape index (κ1) is 15.8. The van der Waals surface area contributed by atoms with Crippen LogP contribution in [0.25, 0.3) is 0 Å². The van der Waals surface area contributed by atoms with E-state index < -0.39 is 0 Å². The summed E-state index contributed by atoms with van der Waals surface area (Å²) in [5.74, 6) is 1.21. The summed E-state index contributed by atoms with van der Waals surface area (Å²) >= 11 is 0. The van der Waals surface area contributed by atoms with Crippen molar-refractivity contribution in [2.24, 2.45) is 5.92 Å². The van der Waals surface area contributed by atoms with Crippen LogP contribution in [-0.4, -0.2) is 43.6 Å². The summed E-state index contributed by atoms with van der Waals surface area (Å²) < 4.78 is 5.77. The smallest absolute Gasteiger partial charge is 0.227 e. The van der Waals surface area contributed by atoms with Gasteiger partial charge in [0.1, 0.15) is 12.4 Å². The second kappa shape index (κ2) is 6.94. The molecular formula is C17H26N2O2. The first-order chi connectivity index (χ1) is 9.97. The first-order valence-electron chi connectivity index (χ1n) is 7.67. The highest BCUT2D eigenvalue weighted by Crippen LogP contribution is 2.18. The number of hydrogen-bond donors (Lipinski definition) is 1. The normalized spacial score (nSPS) is 21.3. The van der Waals surface area contributed by atoms with Gasteiger partial charge in [-0.1, -0.05) is 6.07 Å². The third-order valence-corrected chi connectivity index (χ3v) is 4.11. The molecule has 1 aromatic carbocycles. The third kappa shape index (κ3) is 4.21. The molecule has 0 radical (unpaired) electrons. The molecule has 0 saturated carbocycles. The molecule has 1 N–H and O–H groups in total. The summed E-state index contributed by atoms with van der Waals surface area (Å²) in [7, 11) is 1.86. The van der Waals surface area contributed by atoms with Crippen LogP contribution in [0.2, 0.25) is 0 Å². The van der Waals surface area contributed by atoms with Gasteiger partial charge in [-0.25, -0.2) is 0 Å². The molecule has 4 nitrogen and oxygen atoms in total. The van der Waals surface area contributed by atoms with E-state index in [0.717, 1.165) is 18.7 Å². The van der Waals surface area contributed by atoms with Crippen LogP contribution in [0.3, 0.4) is 0 Å². The van der Waals surface area contributed by atoms with Crippen LogP contribution in [0.5, 0.6) is 5.75 Å². The summed E-state index contributed by atoms with van der Waals surface area (Å²) in [6.07, 6.45) is 0.933. The first-order valence-corrected chi connectivity index (χ1v) is 7.67. The average molecular weight is 290 g/mol. The van der Waals surface area contributed by atoms with Gasteiger partial charge in [-0.05, 0) is 57.0 Å². The SMILES string of the molecule is Cc1cc(C)cc(OCCN(C)C(=O)C2CCNC2C)c1. The lowest BCUT2D eigenvalue weighted by atomic mass is 10.0. The van der Waals surface area contributed by atoms with E-state index >= 15 is 0 Å². The maximum absolute atomic E-state index is 12.3. The monoisotopic (exact) mass is 290 g/mol. The van der Waals surface area contributed by atoms with Gasteiger partial charge in [0.2, 0.25) is 5.91 Å². The number of nitrogens with zero attached hydrogens (tertiary/aromatic N) is 1. The minimum Gasteiger partial charge on any atom is -0.492 e. The zero-order valence-corrected chi connectivity index (χ0v) is 13.5.